The fourth-order valence-corrected chi connectivity index (χ4v) is 7.57. The number of nitrogens with one attached hydrogen (secondary N) is 4. The summed E-state index contributed by atoms with van der Waals surface area (Å²) in [4.78, 5) is 59.0. The molecule has 2 saturated heterocycles. The van der Waals surface area contributed by atoms with Crippen LogP contribution in [-0.4, -0.2) is 98.6 Å². The van der Waals surface area contributed by atoms with Crippen LogP contribution in [0.1, 0.15) is 112 Å². The van der Waals surface area contributed by atoms with E-state index in [-0.39, 0.29) is 54.0 Å². The molecule has 14 nitrogen and oxygen atoms in total. The molecule has 2 aliphatic rings. The lowest BCUT2D eigenvalue weighted by atomic mass is 10.0. The zero-order valence-corrected chi connectivity index (χ0v) is 35.1. The lowest BCUT2D eigenvalue weighted by molar-refractivity contribution is -0.145. The Kier molecular flexibility index (Phi) is 14.4. The molecule has 0 spiro atoms. The highest BCUT2D eigenvalue weighted by Gasteiger charge is 2.41. The SMILES string of the molecule is COC(=O)N[C@H](C(=O)N1C[C@@H](C)C[C@H]1c1nc(C#CCc2ccc(C#Cc3nc([C@@H]4C[C@H](C)CN4C(=O)[C@@H](NC(O)OC)C(C)C)[nH]c3C)cc2F)c(C)[nH]1)C(C)C. The molecule has 4 heterocycles. The number of amides is 3. The van der Waals surface area contributed by atoms with Gasteiger partial charge in [0.2, 0.25) is 18.2 Å². The average Bonchev–Trinajstić information content (AvgIpc) is 3.96. The van der Waals surface area contributed by atoms with Crippen molar-refractivity contribution in [3.05, 3.63) is 69.6 Å². The molecule has 0 bridgehead atoms. The van der Waals surface area contributed by atoms with Gasteiger partial charge >= 0.3 is 6.09 Å². The lowest BCUT2D eigenvalue weighted by Crippen LogP contribution is -2.53. The number of methoxy groups -OCH3 is 2. The highest BCUT2D eigenvalue weighted by Crippen LogP contribution is 2.36. The molecule has 7 atom stereocenters. The number of imidazole rings is 2. The Bertz CT molecular complexity index is 2090. The number of H-pyrrole nitrogens is 2. The molecule has 5 rings (SSSR count). The van der Waals surface area contributed by atoms with Crippen molar-refractivity contribution in [3.8, 4) is 23.7 Å². The first-order valence-corrected chi connectivity index (χ1v) is 19.9. The van der Waals surface area contributed by atoms with Gasteiger partial charge in [0.15, 0.2) is 0 Å². The number of ether oxygens (including phenoxy) is 2. The summed E-state index contributed by atoms with van der Waals surface area (Å²) in [6.07, 6.45) is -0.357. The Morgan fingerprint density at radius 2 is 1.41 bits per heavy atom. The zero-order valence-electron chi connectivity index (χ0n) is 35.1. The summed E-state index contributed by atoms with van der Waals surface area (Å²) in [6.45, 7) is 16.5. The molecule has 0 saturated carbocycles. The standard InChI is InChI=1S/C43H57FN8O6/c1-23(2)36(49-42(55)57-9)40(53)51-21-25(5)18-34(51)38-45-27(7)32(47-38)13-11-12-30-16-14-29(20-31(30)44)15-17-33-28(8)46-39(48-33)35-19-26(6)22-52(35)41(54)37(24(3)4)50-43(56)58-10/h14,16,20,23-26,34-37,43,50,56H,12,18-19,21-22H2,1-10H3,(H,45,47)(H,46,48)(H,49,55)/t25-,26-,34-,35-,36-,37-,43?/m0/s1. The second kappa shape index (κ2) is 19.0. The number of aliphatic hydroxyl groups is 1. The Balaban J connectivity index is 1.26. The molecule has 0 aliphatic carbocycles. The molecule has 2 fully saturated rings. The number of aryl methyl sites for hydroxylation is 2. The van der Waals surface area contributed by atoms with Gasteiger partial charge in [-0.05, 0) is 79.9 Å². The first-order valence-electron chi connectivity index (χ1n) is 19.9. The number of benzene rings is 1. The topological polar surface area (TPSA) is 178 Å². The number of rotatable bonds is 11. The number of aliphatic hydroxyl groups excluding tert-OH is 1. The van der Waals surface area contributed by atoms with E-state index in [1.807, 2.05) is 41.5 Å². The van der Waals surface area contributed by atoms with E-state index in [2.05, 4.69) is 58.1 Å². The largest absolute Gasteiger partial charge is 0.453 e. The maximum Gasteiger partial charge on any atom is 0.407 e. The number of alkyl carbamates (subject to hydrolysis) is 1. The maximum absolute atomic E-state index is 15.3. The van der Waals surface area contributed by atoms with Crippen molar-refractivity contribution >= 4 is 17.9 Å². The van der Waals surface area contributed by atoms with Gasteiger partial charge in [0.1, 0.15) is 34.9 Å². The van der Waals surface area contributed by atoms with E-state index in [1.165, 1.54) is 20.3 Å². The molecule has 58 heavy (non-hydrogen) atoms. The Morgan fingerprint density at radius 1 is 0.879 bits per heavy atom. The van der Waals surface area contributed by atoms with Crippen LogP contribution in [0.5, 0.6) is 0 Å². The van der Waals surface area contributed by atoms with Crippen LogP contribution in [-0.2, 0) is 25.5 Å². The molecule has 2 aromatic heterocycles. The van der Waals surface area contributed by atoms with Gasteiger partial charge < -0.3 is 39.7 Å². The fourth-order valence-electron chi connectivity index (χ4n) is 7.57. The number of halogens is 1. The van der Waals surface area contributed by atoms with E-state index in [0.717, 1.165) is 17.8 Å². The van der Waals surface area contributed by atoms with Gasteiger partial charge in [-0.2, -0.15) is 0 Å². The van der Waals surface area contributed by atoms with Crippen LogP contribution in [0.3, 0.4) is 0 Å². The predicted molar refractivity (Wildman–Crippen MR) is 215 cm³/mol. The summed E-state index contributed by atoms with van der Waals surface area (Å²) >= 11 is 0. The summed E-state index contributed by atoms with van der Waals surface area (Å²) < 4.78 is 25.0. The minimum atomic E-state index is -1.27. The first-order chi connectivity index (χ1) is 27.5. The first kappa shape index (κ1) is 43.9. The van der Waals surface area contributed by atoms with E-state index in [0.29, 0.717) is 53.7 Å². The highest BCUT2D eigenvalue weighted by atomic mass is 19.1. The smallest absolute Gasteiger partial charge is 0.407 e. The second-order valence-electron chi connectivity index (χ2n) is 16.3. The summed E-state index contributed by atoms with van der Waals surface area (Å²) in [5, 5.41) is 15.6. The molecular formula is C43H57FN8O6. The second-order valence-corrected chi connectivity index (χ2v) is 16.3. The predicted octanol–water partition coefficient (Wildman–Crippen LogP) is 4.62. The van der Waals surface area contributed by atoms with Crippen molar-refractivity contribution in [3.63, 3.8) is 0 Å². The summed E-state index contributed by atoms with van der Waals surface area (Å²) in [5.41, 5.74) is 3.40. The third-order valence-corrected chi connectivity index (χ3v) is 10.8. The molecule has 3 amide bonds. The van der Waals surface area contributed by atoms with Gasteiger partial charge in [0, 0.05) is 43.6 Å². The Hall–Kier alpha value is -5.22. The molecule has 15 heteroatoms. The van der Waals surface area contributed by atoms with E-state index in [1.54, 1.807) is 21.9 Å². The minimum absolute atomic E-state index is 0.0956. The minimum Gasteiger partial charge on any atom is -0.453 e. The van der Waals surface area contributed by atoms with Crippen molar-refractivity contribution in [2.75, 3.05) is 27.3 Å². The quantitative estimate of drug-likeness (QED) is 0.137. The number of aromatic amines is 2. The molecule has 1 aromatic carbocycles. The number of carbonyl (C=O) groups is 3. The van der Waals surface area contributed by atoms with Crippen molar-refractivity contribution in [1.82, 2.24) is 40.4 Å². The van der Waals surface area contributed by atoms with Crippen molar-refractivity contribution in [2.45, 2.75) is 105 Å². The summed E-state index contributed by atoms with van der Waals surface area (Å²) in [6, 6.07) is 2.79. The van der Waals surface area contributed by atoms with Gasteiger partial charge in [0.25, 0.3) is 0 Å². The molecule has 2 aliphatic heterocycles. The van der Waals surface area contributed by atoms with Crippen molar-refractivity contribution in [1.29, 1.82) is 0 Å². The van der Waals surface area contributed by atoms with Gasteiger partial charge in [-0.25, -0.2) is 19.2 Å². The Labute approximate surface area is 340 Å². The molecule has 3 aromatic rings. The van der Waals surface area contributed by atoms with Crippen molar-refractivity contribution < 1.29 is 33.4 Å². The van der Waals surface area contributed by atoms with E-state index >= 15 is 4.39 Å². The maximum atomic E-state index is 15.3. The van der Waals surface area contributed by atoms with Crippen LogP contribution < -0.4 is 10.6 Å². The summed E-state index contributed by atoms with van der Waals surface area (Å²) in [7, 11) is 2.63. The molecule has 312 valence electrons. The van der Waals surface area contributed by atoms with Crippen LogP contribution in [0.25, 0.3) is 0 Å². The van der Waals surface area contributed by atoms with E-state index in [9.17, 15) is 19.5 Å². The van der Waals surface area contributed by atoms with E-state index in [4.69, 9.17) is 19.4 Å². The van der Waals surface area contributed by atoms with Crippen LogP contribution in [0.4, 0.5) is 9.18 Å². The van der Waals surface area contributed by atoms with E-state index < -0.39 is 30.4 Å². The van der Waals surface area contributed by atoms with Crippen molar-refractivity contribution in [2.24, 2.45) is 23.7 Å². The van der Waals surface area contributed by atoms with Crippen LogP contribution in [0, 0.1) is 67.0 Å². The van der Waals surface area contributed by atoms with Crippen LogP contribution in [0.15, 0.2) is 18.2 Å². The third kappa shape index (κ3) is 10.3. The number of aromatic nitrogens is 4. The number of hydrogen-bond acceptors (Lipinski definition) is 9. The number of hydrogen-bond donors (Lipinski definition) is 5. The Morgan fingerprint density at radius 3 is 1.91 bits per heavy atom. The van der Waals surface area contributed by atoms with Crippen LogP contribution in [0.2, 0.25) is 0 Å². The van der Waals surface area contributed by atoms with Gasteiger partial charge in [0.05, 0.1) is 25.2 Å². The normalized spacial score (nSPS) is 20.7. The lowest BCUT2D eigenvalue weighted by Gasteiger charge is -2.31. The van der Waals surface area contributed by atoms with Crippen LogP contribution >= 0.6 is 0 Å². The average molecular weight is 801 g/mol. The van der Waals surface area contributed by atoms with Gasteiger partial charge in [-0.15, -0.1) is 0 Å². The third-order valence-electron chi connectivity index (χ3n) is 10.8. The molecule has 5 N–H and O–H groups in total. The molecule has 1 unspecified atom stereocenters. The molecule has 0 radical (unpaired) electrons. The number of likely N-dealkylation sites (tertiary alicyclic amines) is 2. The fraction of sp³-hybridized carbons (Fsp3) is 0.558. The number of carbonyl (C=O) groups excluding carboxylic acids is 3. The van der Waals surface area contributed by atoms with Gasteiger partial charge in [-0.1, -0.05) is 59.4 Å². The number of nitrogens with zero attached hydrogens (tertiary/aromatic N) is 4. The van der Waals surface area contributed by atoms with Gasteiger partial charge in [-0.3, -0.25) is 14.9 Å². The molecular weight excluding hydrogens is 744 g/mol. The highest BCUT2D eigenvalue weighted by molar-refractivity contribution is 5.86. The summed E-state index contributed by atoms with van der Waals surface area (Å²) in [5.74, 6) is 12.9. The zero-order chi connectivity index (χ0) is 42.4. The monoisotopic (exact) mass is 800 g/mol.